The summed E-state index contributed by atoms with van der Waals surface area (Å²) in [6.07, 6.45) is 0. The molecule has 2 aromatic carbocycles. The number of fused-ring (bicyclic) bond motifs is 1. The first-order valence-electron chi connectivity index (χ1n) is 7.11. The van der Waals surface area contributed by atoms with Crippen LogP contribution in [0.5, 0.6) is 11.5 Å². The van der Waals surface area contributed by atoms with Gasteiger partial charge < -0.3 is 14.2 Å². The number of thiazole rings is 1. The van der Waals surface area contributed by atoms with Crippen LogP contribution in [0.15, 0.2) is 46.9 Å². The normalized spacial score (nSPS) is 10.8. The second-order valence-corrected chi connectivity index (χ2v) is 6.70. The zero-order valence-electron chi connectivity index (χ0n) is 12.8. The van der Waals surface area contributed by atoms with E-state index in [1.807, 2.05) is 30.3 Å². The smallest absolute Gasteiger partial charge is 0.228 e. The molecule has 124 valence electrons. The number of nitrogens with zero attached hydrogens (tertiary/aromatic N) is 1. The van der Waals surface area contributed by atoms with Gasteiger partial charge in [-0.2, -0.15) is 0 Å². The fraction of sp³-hybridized carbons (Fsp3) is 0.176. The number of carbonyl (C=O) groups is 1. The average Bonchev–Trinajstić information content (AvgIpc) is 3.03. The van der Waals surface area contributed by atoms with E-state index in [1.165, 1.54) is 18.4 Å². The number of ketones is 1. The summed E-state index contributed by atoms with van der Waals surface area (Å²) in [5.74, 6) is 0.793. The van der Waals surface area contributed by atoms with E-state index in [2.05, 4.69) is 20.9 Å². The number of para-hydroxylation sites is 2. The summed E-state index contributed by atoms with van der Waals surface area (Å²) in [6.45, 7) is -0.0234. The van der Waals surface area contributed by atoms with Gasteiger partial charge in [0.15, 0.2) is 29.9 Å². The van der Waals surface area contributed by atoms with Crippen molar-refractivity contribution in [2.24, 2.45) is 0 Å². The van der Waals surface area contributed by atoms with E-state index in [1.54, 1.807) is 12.1 Å². The molecule has 0 fully saturated rings. The number of aromatic nitrogens is 1. The minimum Gasteiger partial charge on any atom is -0.481 e. The van der Waals surface area contributed by atoms with Gasteiger partial charge in [0.2, 0.25) is 5.78 Å². The second-order valence-electron chi connectivity index (χ2n) is 4.82. The Balaban J connectivity index is 1.73. The Morgan fingerprint density at radius 2 is 2.00 bits per heavy atom. The first-order valence-corrected chi connectivity index (χ1v) is 8.72. The summed E-state index contributed by atoms with van der Waals surface area (Å²) < 4.78 is 17.7. The number of methoxy groups -OCH3 is 1. The fourth-order valence-corrected chi connectivity index (χ4v) is 3.41. The van der Waals surface area contributed by atoms with Gasteiger partial charge in [0, 0.05) is 7.11 Å². The van der Waals surface area contributed by atoms with Gasteiger partial charge in [-0.1, -0.05) is 18.2 Å². The number of ether oxygens (including phenoxy) is 3. The van der Waals surface area contributed by atoms with Crippen LogP contribution < -0.4 is 9.47 Å². The first kappa shape index (κ1) is 16.9. The molecular formula is C17H14BrNO4S. The van der Waals surface area contributed by atoms with Gasteiger partial charge in [0.1, 0.15) is 0 Å². The van der Waals surface area contributed by atoms with E-state index in [0.717, 1.165) is 14.7 Å². The molecule has 0 N–H and O–H groups in total. The quantitative estimate of drug-likeness (QED) is 0.431. The van der Waals surface area contributed by atoms with Crippen molar-refractivity contribution in [1.82, 2.24) is 4.98 Å². The van der Waals surface area contributed by atoms with Crippen LogP contribution in [0.4, 0.5) is 0 Å². The molecule has 0 aliphatic carbocycles. The maximum atomic E-state index is 12.3. The molecule has 0 spiro atoms. The van der Waals surface area contributed by atoms with E-state index in [-0.39, 0.29) is 19.2 Å². The van der Waals surface area contributed by atoms with Gasteiger partial charge in [-0.05, 0) is 40.2 Å². The lowest BCUT2D eigenvalue weighted by atomic mass is 10.3. The van der Waals surface area contributed by atoms with Gasteiger partial charge >= 0.3 is 0 Å². The summed E-state index contributed by atoms with van der Waals surface area (Å²) in [6, 6.07) is 13.0. The molecule has 3 rings (SSSR count). The van der Waals surface area contributed by atoms with Crippen molar-refractivity contribution in [3.05, 3.63) is 51.9 Å². The number of carbonyl (C=O) groups excluding carboxylic acids is 1. The zero-order valence-corrected chi connectivity index (χ0v) is 15.2. The Bertz CT molecular complexity index is 832. The van der Waals surface area contributed by atoms with Gasteiger partial charge in [0.25, 0.3) is 0 Å². The van der Waals surface area contributed by atoms with Gasteiger partial charge in [-0.3, -0.25) is 4.79 Å². The molecule has 0 aliphatic rings. The second kappa shape index (κ2) is 7.74. The highest BCUT2D eigenvalue weighted by Gasteiger charge is 2.15. The molecule has 0 radical (unpaired) electrons. The third-order valence-electron chi connectivity index (χ3n) is 3.14. The van der Waals surface area contributed by atoms with Crippen LogP contribution in [0.3, 0.4) is 0 Å². The van der Waals surface area contributed by atoms with Crippen LogP contribution in [-0.2, 0) is 4.74 Å². The predicted octanol–water partition coefficient (Wildman–Crippen LogP) is 4.30. The van der Waals surface area contributed by atoms with Gasteiger partial charge in [-0.25, -0.2) is 4.98 Å². The lowest BCUT2D eigenvalue weighted by Crippen LogP contribution is -2.12. The Kier molecular flexibility index (Phi) is 5.44. The third-order valence-corrected chi connectivity index (χ3v) is 4.85. The lowest BCUT2D eigenvalue weighted by Gasteiger charge is -2.12. The number of benzene rings is 2. The molecule has 3 aromatic rings. The van der Waals surface area contributed by atoms with Gasteiger partial charge in [0.05, 0.1) is 14.7 Å². The summed E-state index contributed by atoms with van der Waals surface area (Å²) in [4.78, 5) is 16.7. The highest BCUT2D eigenvalue weighted by molar-refractivity contribution is 9.10. The van der Waals surface area contributed by atoms with Crippen molar-refractivity contribution in [3.63, 3.8) is 0 Å². The molecule has 0 bridgehead atoms. The van der Waals surface area contributed by atoms with E-state index in [4.69, 9.17) is 14.2 Å². The topological polar surface area (TPSA) is 57.7 Å². The van der Waals surface area contributed by atoms with E-state index >= 15 is 0 Å². The van der Waals surface area contributed by atoms with Crippen molar-refractivity contribution in [2.75, 3.05) is 20.5 Å². The minimum absolute atomic E-state index is 0.0881. The number of hydrogen-bond acceptors (Lipinski definition) is 6. The Morgan fingerprint density at radius 3 is 2.79 bits per heavy atom. The van der Waals surface area contributed by atoms with E-state index in [0.29, 0.717) is 16.5 Å². The highest BCUT2D eigenvalue weighted by Crippen LogP contribution is 2.35. The largest absolute Gasteiger partial charge is 0.481 e. The molecule has 0 saturated carbocycles. The Hall–Kier alpha value is -1.96. The molecule has 24 heavy (non-hydrogen) atoms. The summed E-state index contributed by atoms with van der Waals surface area (Å²) >= 11 is 4.76. The Morgan fingerprint density at radius 1 is 1.17 bits per heavy atom. The van der Waals surface area contributed by atoms with E-state index < -0.39 is 0 Å². The minimum atomic E-state index is -0.172. The number of Topliss-reactive ketones (excluding diaryl/α,β-unsaturated/α-hetero) is 1. The van der Waals surface area contributed by atoms with Crippen LogP contribution in [0.2, 0.25) is 0 Å². The van der Waals surface area contributed by atoms with E-state index in [9.17, 15) is 4.79 Å². The summed E-state index contributed by atoms with van der Waals surface area (Å²) in [5, 5.41) is 0.436. The maximum absolute atomic E-state index is 12.3. The zero-order chi connectivity index (χ0) is 16.9. The van der Waals surface area contributed by atoms with Crippen LogP contribution in [-0.4, -0.2) is 31.3 Å². The molecule has 0 saturated heterocycles. The molecule has 1 heterocycles. The van der Waals surface area contributed by atoms with Crippen LogP contribution in [0.25, 0.3) is 10.2 Å². The fourth-order valence-electron chi connectivity index (χ4n) is 2.06. The maximum Gasteiger partial charge on any atom is 0.228 e. The van der Waals surface area contributed by atoms with Crippen LogP contribution >= 0.6 is 27.3 Å². The standard InChI is InChI=1S/C17H14BrNO4S/c1-21-10-23-16-11(18)5-4-7-14(16)22-9-13(20)17-19-12-6-2-3-8-15(12)24-17/h2-8H,9-10H2,1H3. The number of hydrogen-bond donors (Lipinski definition) is 0. The molecular weight excluding hydrogens is 394 g/mol. The molecule has 7 heteroatoms. The molecule has 0 unspecified atom stereocenters. The first-order chi connectivity index (χ1) is 11.7. The third kappa shape index (κ3) is 3.75. The van der Waals surface area contributed by atoms with Crippen molar-refractivity contribution in [2.45, 2.75) is 0 Å². The van der Waals surface area contributed by atoms with Crippen LogP contribution in [0, 0.1) is 0 Å². The molecule has 0 aliphatic heterocycles. The Labute approximate surface area is 151 Å². The predicted molar refractivity (Wildman–Crippen MR) is 96.1 cm³/mol. The number of halogens is 1. The van der Waals surface area contributed by atoms with Crippen molar-refractivity contribution in [3.8, 4) is 11.5 Å². The SMILES string of the molecule is COCOc1c(Br)cccc1OCC(=O)c1nc2ccccc2s1. The molecule has 5 nitrogen and oxygen atoms in total. The lowest BCUT2D eigenvalue weighted by molar-refractivity contribution is 0.0479. The average molecular weight is 408 g/mol. The van der Waals surface area contributed by atoms with Crippen molar-refractivity contribution < 1.29 is 19.0 Å². The molecule has 0 atom stereocenters. The molecule has 0 amide bonds. The van der Waals surface area contributed by atoms with Crippen molar-refractivity contribution in [1.29, 1.82) is 0 Å². The van der Waals surface area contributed by atoms with Gasteiger partial charge in [-0.15, -0.1) is 11.3 Å². The summed E-state index contributed by atoms with van der Waals surface area (Å²) in [7, 11) is 1.54. The summed E-state index contributed by atoms with van der Waals surface area (Å²) in [5.41, 5.74) is 0.817. The van der Waals surface area contributed by atoms with Crippen molar-refractivity contribution >= 4 is 43.3 Å². The molecule has 1 aromatic heterocycles. The number of rotatable bonds is 7. The monoisotopic (exact) mass is 407 g/mol. The van der Waals surface area contributed by atoms with Crippen LogP contribution in [0.1, 0.15) is 9.80 Å². The highest BCUT2D eigenvalue weighted by atomic mass is 79.9.